The fourth-order valence-corrected chi connectivity index (χ4v) is 4.19. The van der Waals surface area contributed by atoms with Crippen molar-refractivity contribution in [3.05, 3.63) is 46.3 Å². The van der Waals surface area contributed by atoms with Gasteiger partial charge in [0, 0.05) is 30.1 Å². The Labute approximate surface area is 183 Å². The Morgan fingerprint density at radius 1 is 1.27 bits per heavy atom. The first kappa shape index (κ1) is 22.5. The quantitative estimate of drug-likeness (QED) is 0.526. The molecule has 1 fully saturated rings. The number of rotatable bonds is 6. The van der Waals surface area contributed by atoms with Gasteiger partial charge in [0.1, 0.15) is 18.2 Å². The summed E-state index contributed by atoms with van der Waals surface area (Å²) in [6, 6.07) is 5.00. The summed E-state index contributed by atoms with van der Waals surface area (Å²) in [4.78, 5) is 4.77. The van der Waals surface area contributed by atoms with Crippen LogP contribution in [0.2, 0.25) is 5.02 Å². The predicted octanol–water partition coefficient (Wildman–Crippen LogP) is 4.26. The van der Waals surface area contributed by atoms with E-state index in [4.69, 9.17) is 16.6 Å². The molecule has 1 aromatic carbocycles. The molecule has 0 amide bonds. The average molecular weight is 435 g/mol. The van der Waals surface area contributed by atoms with E-state index in [9.17, 15) is 4.39 Å². The third-order valence-corrected chi connectivity index (χ3v) is 6.18. The van der Waals surface area contributed by atoms with Gasteiger partial charge >= 0.3 is 0 Å². The fourth-order valence-electron chi connectivity index (χ4n) is 3.77. The van der Waals surface area contributed by atoms with Gasteiger partial charge in [0.25, 0.3) is 0 Å². The Bertz CT molecular complexity index is 886. The van der Waals surface area contributed by atoms with Gasteiger partial charge in [-0.2, -0.15) is 0 Å². The molecule has 1 aromatic heterocycles. The number of aliphatic imine (C=N–C) groups is 1. The number of aromatic nitrogens is 3. The minimum absolute atomic E-state index is 0.304. The van der Waals surface area contributed by atoms with Crippen LogP contribution in [0.5, 0.6) is 0 Å². The molecule has 0 unspecified atom stereocenters. The van der Waals surface area contributed by atoms with Crippen LogP contribution in [0.15, 0.2) is 23.2 Å². The molecule has 0 bridgehead atoms. The number of aryl methyl sites for hydroxylation is 1. The molecule has 1 aliphatic rings. The number of hydrogen-bond acceptors (Lipinski definition) is 3. The SMILES string of the molecule is Cc1nnc(CN=C(NCC(C)(C)c2ccc(F)cc2Cl)NC2CCCCC2)n1C. The van der Waals surface area contributed by atoms with Crippen LogP contribution in [-0.4, -0.2) is 33.3 Å². The van der Waals surface area contributed by atoms with Crippen molar-refractivity contribution in [2.24, 2.45) is 12.0 Å². The summed E-state index contributed by atoms with van der Waals surface area (Å²) in [5.41, 5.74) is 0.597. The maximum absolute atomic E-state index is 13.5. The molecule has 2 aromatic rings. The van der Waals surface area contributed by atoms with E-state index in [-0.39, 0.29) is 11.2 Å². The van der Waals surface area contributed by atoms with Gasteiger partial charge in [0.15, 0.2) is 11.8 Å². The molecule has 1 saturated carbocycles. The Hall–Kier alpha value is -2.15. The van der Waals surface area contributed by atoms with Gasteiger partial charge in [-0.25, -0.2) is 9.38 Å². The minimum atomic E-state index is -0.326. The Kier molecular flexibility index (Phi) is 7.34. The van der Waals surface area contributed by atoms with Crippen molar-refractivity contribution in [3.8, 4) is 0 Å². The normalized spacial score (nSPS) is 16.0. The number of halogens is 2. The second-order valence-corrected chi connectivity index (χ2v) is 9.14. The largest absolute Gasteiger partial charge is 0.356 e. The smallest absolute Gasteiger partial charge is 0.191 e. The summed E-state index contributed by atoms with van der Waals surface area (Å²) >= 11 is 6.31. The van der Waals surface area contributed by atoms with Crippen LogP contribution in [0.25, 0.3) is 0 Å². The highest BCUT2D eigenvalue weighted by Crippen LogP contribution is 2.30. The van der Waals surface area contributed by atoms with Crippen LogP contribution >= 0.6 is 11.6 Å². The van der Waals surface area contributed by atoms with Crippen LogP contribution in [0.1, 0.15) is 63.2 Å². The highest BCUT2D eigenvalue weighted by atomic mass is 35.5. The lowest BCUT2D eigenvalue weighted by Crippen LogP contribution is -2.47. The second kappa shape index (κ2) is 9.77. The molecule has 164 valence electrons. The Morgan fingerprint density at radius 2 is 2.00 bits per heavy atom. The zero-order valence-electron chi connectivity index (χ0n) is 18.3. The van der Waals surface area contributed by atoms with Crippen molar-refractivity contribution >= 4 is 17.6 Å². The summed E-state index contributed by atoms with van der Waals surface area (Å²) in [5, 5.41) is 15.8. The maximum atomic E-state index is 13.5. The van der Waals surface area contributed by atoms with E-state index in [0.717, 1.165) is 36.0 Å². The van der Waals surface area contributed by atoms with Gasteiger partial charge in [-0.05, 0) is 37.5 Å². The molecule has 2 N–H and O–H groups in total. The van der Waals surface area contributed by atoms with Crippen molar-refractivity contribution in [2.45, 2.75) is 70.9 Å². The van der Waals surface area contributed by atoms with E-state index in [0.29, 0.717) is 24.2 Å². The van der Waals surface area contributed by atoms with Crippen LogP contribution in [0.3, 0.4) is 0 Å². The van der Waals surface area contributed by atoms with Crippen LogP contribution in [0.4, 0.5) is 4.39 Å². The zero-order chi connectivity index (χ0) is 21.7. The van der Waals surface area contributed by atoms with Crippen molar-refractivity contribution in [1.29, 1.82) is 0 Å². The first-order chi connectivity index (χ1) is 14.3. The van der Waals surface area contributed by atoms with Crippen molar-refractivity contribution < 1.29 is 4.39 Å². The second-order valence-electron chi connectivity index (χ2n) is 8.73. The predicted molar refractivity (Wildman–Crippen MR) is 119 cm³/mol. The first-order valence-corrected chi connectivity index (χ1v) is 11.0. The van der Waals surface area contributed by atoms with Gasteiger partial charge in [-0.15, -0.1) is 10.2 Å². The maximum Gasteiger partial charge on any atom is 0.191 e. The Morgan fingerprint density at radius 3 is 2.63 bits per heavy atom. The summed E-state index contributed by atoms with van der Waals surface area (Å²) in [6.45, 7) is 7.15. The molecule has 30 heavy (non-hydrogen) atoms. The van der Waals surface area contributed by atoms with E-state index in [1.54, 1.807) is 6.07 Å². The molecule has 0 radical (unpaired) electrons. The molecule has 0 atom stereocenters. The van der Waals surface area contributed by atoms with E-state index >= 15 is 0 Å². The van der Waals surface area contributed by atoms with Gasteiger partial charge in [0.05, 0.1) is 0 Å². The van der Waals surface area contributed by atoms with Crippen LogP contribution < -0.4 is 10.6 Å². The zero-order valence-corrected chi connectivity index (χ0v) is 19.1. The molecule has 0 saturated heterocycles. The number of benzene rings is 1. The number of guanidine groups is 1. The van der Waals surface area contributed by atoms with E-state index < -0.39 is 0 Å². The number of hydrogen-bond donors (Lipinski definition) is 2. The van der Waals surface area contributed by atoms with E-state index in [1.807, 2.05) is 18.5 Å². The summed E-state index contributed by atoms with van der Waals surface area (Å²) in [5.74, 6) is 2.11. The number of nitrogens with one attached hydrogen (secondary N) is 2. The Balaban J connectivity index is 1.73. The third kappa shape index (κ3) is 5.72. The monoisotopic (exact) mass is 434 g/mol. The van der Waals surface area contributed by atoms with Crippen molar-refractivity contribution in [2.75, 3.05) is 6.54 Å². The fraction of sp³-hybridized carbons (Fsp3) is 0.591. The molecule has 1 heterocycles. The van der Waals surface area contributed by atoms with Crippen molar-refractivity contribution in [1.82, 2.24) is 25.4 Å². The van der Waals surface area contributed by atoms with Gasteiger partial charge in [0.2, 0.25) is 0 Å². The average Bonchev–Trinajstić information content (AvgIpc) is 3.02. The van der Waals surface area contributed by atoms with Gasteiger partial charge in [-0.3, -0.25) is 0 Å². The lowest BCUT2D eigenvalue weighted by Gasteiger charge is -2.30. The molecular weight excluding hydrogens is 403 g/mol. The topological polar surface area (TPSA) is 67.1 Å². The highest BCUT2D eigenvalue weighted by molar-refractivity contribution is 6.31. The molecule has 0 aliphatic heterocycles. The van der Waals surface area contributed by atoms with E-state index in [2.05, 4.69) is 34.7 Å². The lowest BCUT2D eigenvalue weighted by molar-refractivity contribution is 0.407. The van der Waals surface area contributed by atoms with Gasteiger partial charge < -0.3 is 15.2 Å². The highest BCUT2D eigenvalue weighted by Gasteiger charge is 2.25. The summed E-state index contributed by atoms with van der Waals surface area (Å²) in [7, 11) is 1.95. The standard InChI is InChI=1S/C22H32ClFN6/c1-15-28-29-20(30(15)4)13-25-21(27-17-8-6-5-7-9-17)26-14-22(2,3)18-11-10-16(24)12-19(18)23/h10-12,17H,5-9,13-14H2,1-4H3,(H2,25,26,27). The summed E-state index contributed by atoms with van der Waals surface area (Å²) in [6.07, 6.45) is 6.08. The first-order valence-electron chi connectivity index (χ1n) is 10.6. The molecule has 8 heteroatoms. The number of nitrogens with zero attached hydrogens (tertiary/aromatic N) is 4. The van der Waals surface area contributed by atoms with Crippen molar-refractivity contribution in [3.63, 3.8) is 0 Å². The van der Waals surface area contributed by atoms with E-state index in [1.165, 1.54) is 31.4 Å². The molecule has 3 rings (SSSR count). The molecular formula is C22H32ClFN6. The minimum Gasteiger partial charge on any atom is -0.356 e. The third-order valence-electron chi connectivity index (χ3n) is 5.87. The molecule has 6 nitrogen and oxygen atoms in total. The lowest BCUT2D eigenvalue weighted by atomic mass is 9.84. The van der Waals surface area contributed by atoms with Gasteiger partial charge in [-0.1, -0.05) is 50.8 Å². The molecule has 0 spiro atoms. The summed E-state index contributed by atoms with van der Waals surface area (Å²) < 4.78 is 15.4. The molecule has 1 aliphatic carbocycles. The van der Waals surface area contributed by atoms with Crippen LogP contribution in [-0.2, 0) is 19.0 Å². The van der Waals surface area contributed by atoms with Crippen LogP contribution in [0, 0.1) is 12.7 Å².